The minimum Gasteiger partial charge on any atom is -0.254 e. The fourth-order valence-electron chi connectivity index (χ4n) is 7.19. The van der Waals surface area contributed by atoms with Crippen LogP contribution in [0.25, 0.3) is 98.3 Å². The molecule has 0 fully saturated rings. The van der Waals surface area contributed by atoms with Crippen molar-refractivity contribution in [3.8, 4) is 22.3 Å². The molecule has 10 aromatic rings. The predicted octanol–water partition coefficient (Wildman–Crippen LogP) is 10.7. The van der Waals surface area contributed by atoms with Crippen molar-refractivity contribution in [2.24, 2.45) is 0 Å². The number of fused-ring (bicyclic) bond motifs is 10. The van der Waals surface area contributed by atoms with E-state index in [-0.39, 0.29) is 0 Å². The molecular weight excluding hydrogens is 560 g/mol. The molecule has 4 heteroatoms. The number of benzene rings is 6. The zero-order valence-corrected chi connectivity index (χ0v) is 24.6. The third-order valence-corrected chi connectivity index (χ3v) is 9.34. The van der Waals surface area contributed by atoms with E-state index in [9.17, 15) is 0 Å². The minimum absolute atomic E-state index is 0.929. The molecule has 4 nitrogen and oxygen atoms in total. The quantitative estimate of drug-likeness (QED) is 0.150. The summed E-state index contributed by atoms with van der Waals surface area (Å²) in [5, 5.41) is 10.4. The van der Waals surface area contributed by atoms with E-state index in [1.54, 1.807) is 0 Å². The number of hydrogen-bond acceptors (Lipinski definition) is 4. The van der Waals surface area contributed by atoms with E-state index in [4.69, 9.17) is 15.0 Å². The standard InChI is InChI=1S/C42H24N4/c1-2-8-37-34(7-1)38(35-18-14-27-6-4-21-44-40(27)42(35)46-37)30-12-10-25-9-11-28-23-29(15-16-31(28)36(25)24-30)32-19-22-45-41-33(32)17-13-26-5-3-20-43-39(26)41/h1-24H. The summed E-state index contributed by atoms with van der Waals surface area (Å²) in [6.45, 7) is 0. The highest BCUT2D eigenvalue weighted by Gasteiger charge is 2.15. The van der Waals surface area contributed by atoms with Crippen molar-refractivity contribution in [2.45, 2.75) is 0 Å². The van der Waals surface area contributed by atoms with Gasteiger partial charge in [-0.05, 0) is 74.6 Å². The molecule has 0 aliphatic heterocycles. The molecule has 0 radical (unpaired) electrons. The van der Waals surface area contributed by atoms with Crippen LogP contribution >= 0.6 is 0 Å². The Balaban J connectivity index is 1.20. The summed E-state index contributed by atoms with van der Waals surface area (Å²) in [7, 11) is 0. The van der Waals surface area contributed by atoms with Crippen molar-refractivity contribution in [3.63, 3.8) is 0 Å². The Bertz CT molecular complexity index is 2870. The van der Waals surface area contributed by atoms with Gasteiger partial charge in [0.25, 0.3) is 0 Å². The van der Waals surface area contributed by atoms with Crippen LogP contribution in [-0.2, 0) is 0 Å². The summed E-state index contributed by atoms with van der Waals surface area (Å²) in [6.07, 6.45) is 5.58. The van der Waals surface area contributed by atoms with Gasteiger partial charge in [-0.3, -0.25) is 15.0 Å². The maximum atomic E-state index is 5.11. The van der Waals surface area contributed by atoms with E-state index < -0.39 is 0 Å². The van der Waals surface area contributed by atoms with E-state index in [0.29, 0.717) is 0 Å². The molecular formula is C42H24N4. The SMILES string of the molecule is c1cnc2c(c1)ccc1c(-c3ccc4c(ccc5ccc(-c6c7ccccc7nc7c6ccc6cccnc67)cc54)c3)ccnc12. The van der Waals surface area contributed by atoms with Gasteiger partial charge in [0.1, 0.15) is 0 Å². The molecule has 0 saturated carbocycles. The molecule has 0 unspecified atom stereocenters. The van der Waals surface area contributed by atoms with Crippen LogP contribution in [-0.4, -0.2) is 19.9 Å². The molecule has 6 aromatic carbocycles. The number of nitrogens with zero attached hydrogens (tertiary/aromatic N) is 4. The summed E-state index contributed by atoms with van der Waals surface area (Å²) in [6, 6.07) is 45.4. The third-order valence-electron chi connectivity index (χ3n) is 9.34. The Labute approximate surface area is 263 Å². The highest BCUT2D eigenvalue weighted by atomic mass is 14.7. The number of rotatable bonds is 2. The summed E-state index contributed by atoms with van der Waals surface area (Å²) < 4.78 is 0. The number of pyridine rings is 4. The Morgan fingerprint density at radius 3 is 1.89 bits per heavy atom. The van der Waals surface area contributed by atoms with Crippen molar-refractivity contribution in [3.05, 3.63) is 146 Å². The lowest BCUT2D eigenvalue weighted by molar-refractivity contribution is 1.37. The van der Waals surface area contributed by atoms with Crippen molar-refractivity contribution < 1.29 is 0 Å². The van der Waals surface area contributed by atoms with Crippen LogP contribution < -0.4 is 0 Å². The molecule has 0 saturated heterocycles. The molecule has 0 aliphatic carbocycles. The molecule has 0 atom stereocenters. The number of aromatic nitrogens is 4. The van der Waals surface area contributed by atoms with Crippen LogP contribution in [0.4, 0.5) is 0 Å². The van der Waals surface area contributed by atoms with Crippen LogP contribution in [0.5, 0.6) is 0 Å². The largest absolute Gasteiger partial charge is 0.254 e. The summed E-state index contributed by atoms with van der Waals surface area (Å²) >= 11 is 0. The summed E-state index contributed by atoms with van der Waals surface area (Å²) in [5.41, 5.74) is 9.37. The average molecular weight is 585 g/mol. The topological polar surface area (TPSA) is 51.6 Å². The second kappa shape index (κ2) is 9.62. The van der Waals surface area contributed by atoms with E-state index >= 15 is 0 Å². The Hall–Kier alpha value is -6.26. The van der Waals surface area contributed by atoms with E-state index in [0.717, 1.165) is 65.6 Å². The van der Waals surface area contributed by atoms with Gasteiger partial charge in [0, 0.05) is 51.1 Å². The first-order valence-electron chi connectivity index (χ1n) is 15.5. The maximum Gasteiger partial charge on any atom is 0.0978 e. The maximum absolute atomic E-state index is 5.11. The van der Waals surface area contributed by atoms with E-state index in [1.165, 1.54) is 32.7 Å². The van der Waals surface area contributed by atoms with E-state index in [2.05, 4.69) is 120 Å². The van der Waals surface area contributed by atoms with Gasteiger partial charge in [0.2, 0.25) is 0 Å². The number of para-hydroxylation sites is 1. The summed E-state index contributed by atoms with van der Waals surface area (Å²) in [4.78, 5) is 19.2. The zero-order chi connectivity index (χ0) is 30.2. The molecule has 0 amide bonds. The van der Waals surface area contributed by atoms with Gasteiger partial charge in [-0.2, -0.15) is 0 Å². The van der Waals surface area contributed by atoms with Gasteiger partial charge in [-0.1, -0.05) is 91.0 Å². The van der Waals surface area contributed by atoms with Gasteiger partial charge in [-0.15, -0.1) is 0 Å². The van der Waals surface area contributed by atoms with Crippen molar-refractivity contribution in [1.82, 2.24) is 19.9 Å². The van der Waals surface area contributed by atoms with Gasteiger partial charge < -0.3 is 0 Å². The molecule has 4 heterocycles. The lowest BCUT2D eigenvalue weighted by atomic mass is 9.91. The Kier molecular flexibility index (Phi) is 5.25. The van der Waals surface area contributed by atoms with E-state index in [1.807, 2.05) is 30.7 Å². The fraction of sp³-hybridized carbons (Fsp3) is 0. The normalized spacial score (nSPS) is 11.9. The third kappa shape index (κ3) is 3.67. The zero-order valence-electron chi connectivity index (χ0n) is 24.6. The minimum atomic E-state index is 0.929. The van der Waals surface area contributed by atoms with Crippen LogP contribution in [0.3, 0.4) is 0 Å². The predicted molar refractivity (Wildman–Crippen MR) is 191 cm³/mol. The molecule has 4 aromatic heterocycles. The smallest absolute Gasteiger partial charge is 0.0978 e. The first-order valence-corrected chi connectivity index (χ1v) is 15.5. The van der Waals surface area contributed by atoms with Gasteiger partial charge in [-0.25, -0.2) is 4.98 Å². The lowest BCUT2D eigenvalue weighted by Gasteiger charge is -2.14. The molecule has 0 N–H and O–H groups in total. The first-order chi connectivity index (χ1) is 22.8. The molecule has 0 aliphatic rings. The van der Waals surface area contributed by atoms with Crippen LogP contribution in [0.2, 0.25) is 0 Å². The number of hydrogen-bond donors (Lipinski definition) is 0. The van der Waals surface area contributed by atoms with Crippen molar-refractivity contribution >= 4 is 76.1 Å². The molecule has 212 valence electrons. The van der Waals surface area contributed by atoms with Crippen molar-refractivity contribution in [2.75, 3.05) is 0 Å². The Morgan fingerprint density at radius 2 is 1.02 bits per heavy atom. The molecule has 10 rings (SSSR count). The van der Waals surface area contributed by atoms with Crippen LogP contribution in [0, 0.1) is 0 Å². The molecule has 0 bridgehead atoms. The lowest BCUT2D eigenvalue weighted by Crippen LogP contribution is -1.92. The second-order valence-electron chi connectivity index (χ2n) is 11.9. The fourth-order valence-corrected chi connectivity index (χ4v) is 7.19. The van der Waals surface area contributed by atoms with Gasteiger partial charge in [0.05, 0.1) is 27.6 Å². The van der Waals surface area contributed by atoms with Crippen LogP contribution in [0.1, 0.15) is 0 Å². The Morgan fingerprint density at radius 1 is 0.348 bits per heavy atom. The van der Waals surface area contributed by atoms with Crippen LogP contribution in [0.15, 0.2) is 146 Å². The highest BCUT2D eigenvalue weighted by Crippen LogP contribution is 2.40. The van der Waals surface area contributed by atoms with Gasteiger partial charge in [0.15, 0.2) is 0 Å². The molecule has 46 heavy (non-hydrogen) atoms. The first kappa shape index (κ1) is 25.1. The average Bonchev–Trinajstić information content (AvgIpc) is 3.13. The van der Waals surface area contributed by atoms with Crippen molar-refractivity contribution in [1.29, 1.82) is 0 Å². The summed E-state index contributed by atoms with van der Waals surface area (Å²) in [5.74, 6) is 0. The van der Waals surface area contributed by atoms with Gasteiger partial charge >= 0.3 is 0 Å². The monoisotopic (exact) mass is 584 g/mol. The highest BCUT2D eigenvalue weighted by molar-refractivity contribution is 6.18. The second-order valence-corrected chi connectivity index (χ2v) is 11.9. The molecule has 0 spiro atoms.